The second-order valence-corrected chi connectivity index (χ2v) is 8.54. The molecule has 1 aliphatic rings. The highest BCUT2D eigenvalue weighted by atomic mass is 16.5. The standard InChI is InChI=1S/C19H36N2O3/c1-9-14(15(13(2)3)20-17(23)24-8)16(22)21-12-10-11-19(21,7)18(4,5)6/h13-15H,9-12H2,1-8H3,(H,20,23). The van der Waals surface area contributed by atoms with Crippen LogP contribution in [0.3, 0.4) is 0 Å². The number of nitrogens with one attached hydrogen (secondary N) is 1. The van der Waals surface area contributed by atoms with Crippen LogP contribution in [0.4, 0.5) is 4.79 Å². The van der Waals surface area contributed by atoms with Crippen LogP contribution in [-0.2, 0) is 9.53 Å². The van der Waals surface area contributed by atoms with Crippen molar-refractivity contribution in [2.24, 2.45) is 17.3 Å². The molecular formula is C19H36N2O3. The zero-order valence-corrected chi connectivity index (χ0v) is 16.7. The highest BCUT2D eigenvalue weighted by molar-refractivity contribution is 5.81. The lowest BCUT2D eigenvalue weighted by molar-refractivity contribution is -0.144. The predicted molar refractivity (Wildman–Crippen MR) is 96.8 cm³/mol. The molecule has 1 aliphatic heterocycles. The number of methoxy groups -OCH3 is 1. The number of hydrogen-bond acceptors (Lipinski definition) is 3. The van der Waals surface area contributed by atoms with Crippen LogP contribution in [0.5, 0.6) is 0 Å². The number of ether oxygens (including phenoxy) is 1. The van der Waals surface area contributed by atoms with E-state index < -0.39 is 6.09 Å². The molecule has 0 saturated carbocycles. The van der Waals surface area contributed by atoms with Gasteiger partial charge in [-0.15, -0.1) is 0 Å². The van der Waals surface area contributed by atoms with Crippen molar-refractivity contribution in [3.05, 3.63) is 0 Å². The lowest BCUT2D eigenvalue weighted by Gasteiger charge is -2.47. The van der Waals surface area contributed by atoms with Gasteiger partial charge < -0.3 is 15.0 Å². The molecule has 1 N–H and O–H groups in total. The number of hydrogen-bond donors (Lipinski definition) is 1. The normalized spacial score (nSPS) is 24.0. The van der Waals surface area contributed by atoms with Gasteiger partial charge in [-0.25, -0.2) is 4.79 Å². The Kier molecular flexibility index (Phi) is 6.71. The van der Waals surface area contributed by atoms with Gasteiger partial charge >= 0.3 is 6.09 Å². The second-order valence-electron chi connectivity index (χ2n) is 8.54. The summed E-state index contributed by atoms with van der Waals surface area (Å²) in [4.78, 5) is 27.2. The first-order valence-corrected chi connectivity index (χ1v) is 9.15. The fraction of sp³-hybridized carbons (Fsp3) is 0.895. The first-order chi connectivity index (χ1) is 11.0. The van der Waals surface area contributed by atoms with Crippen LogP contribution in [0.1, 0.15) is 67.7 Å². The van der Waals surface area contributed by atoms with Gasteiger partial charge in [-0.1, -0.05) is 41.5 Å². The minimum atomic E-state index is -0.472. The third-order valence-corrected chi connectivity index (χ3v) is 5.90. The molecule has 24 heavy (non-hydrogen) atoms. The Morgan fingerprint density at radius 3 is 2.29 bits per heavy atom. The third-order valence-electron chi connectivity index (χ3n) is 5.90. The summed E-state index contributed by atoms with van der Waals surface area (Å²) in [6.45, 7) is 15.7. The van der Waals surface area contributed by atoms with E-state index in [2.05, 4.69) is 37.9 Å². The van der Waals surface area contributed by atoms with E-state index in [4.69, 9.17) is 4.74 Å². The van der Waals surface area contributed by atoms with E-state index >= 15 is 0 Å². The van der Waals surface area contributed by atoms with E-state index in [1.807, 2.05) is 20.8 Å². The first kappa shape index (κ1) is 20.8. The van der Waals surface area contributed by atoms with E-state index in [1.165, 1.54) is 7.11 Å². The summed E-state index contributed by atoms with van der Waals surface area (Å²) in [6, 6.07) is -0.222. The predicted octanol–water partition coefficient (Wildman–Crippen LogP) is 3.82. The SMILES string of the molecule is CCC(C(=O)N1CCCC1(C)C(C)(C)C)C(NC(=O)OC)C(C)C. The zero-order valence-electron chi connectivity index (χ0n) is 16.7. The maximum absolute atomic E-state index is 13.4. The molecule has 0 aliphatic carbocycles. The molecular weight excluding hydrogens is 304 g/mol. The smallest absolute Gasteiger partial charge is 0.407 e. The van der Waals surface area contributed by atoms with Crippen molar-refractivity contribution in [2.45, 2.75) is 79.3 Å². The summed E-state index contributed by atoms with van der Waals surface area (Å²) >= 11 is 0. The second kappa shape index (κ2) is 7.75. The average Bonchev–Trinajstić information content (AvgIpc) is 2.89. The van der Waals surface area contributed by atoms with Crippen LogP contribution in [-0.4, -0.2) is 42.1 Å². The minimum absolute atomic E-state index is 0.0144. The molecule has 0 radical (unpaired) electrons. The number of alkyl carbamates (subject to hydrolysis) is 1. The van der Waals surface area contributed by atoms with Gasteiger partial charge in [0, 0.05) is 18.1 Å². The van der Waals surface area contributed by atoms with E-state index in [0.29, 0.717) is 6.42 Å². The molecule has 5 nitrogen and oxygen atoms in total. The maximum Gasteiger partial charge on any atom is 0.407 e. The number of carbonyl (C=O) groups is 2. The molecule has 1 saturated heterocycles. The molecule has 2 amide bonds. The summed E-state index contributed by atoms with van der Waals surface area (Å²) in [5, 5.41) is 2.88. The summed E-state index contributed by atoms with van der Waals surface area (Å²) < 4.78 is 4.75. The highest BCUT2D eigenvalue weighted by Crippen LogP contribution is 2.44. The summed E-state index contributed by atoms with van der Waals surface area (Å²) in [5.41, 5.74) is -0.134. The molecule has 0 spiro atoms. The largest absolute Gasteiger partial charge is 0.453 e. The molecule has 1 rings (SSSR count). The van der Waals surface area contributed by atoms with Gasteiger partial charge in [0.25, 0.3) is 0 Å². The van der Waals surface area contributed by atoms with E-state index in [9.17, 15) is 9.59 Å². The minimum Gasteiger partial charge on any atom is -0.453 e. The lowest BCUT2D eigenvalue weighted by atomic mass is 9.72. The maximum atomic E-state index is 13.4. The van der Waals surface area contributed by atoms with Crippen LogP contribution < -0.4 is 5.32 Å². The Hall–Kier alpha value is -1.26. The van der Waals surface area contributed by atoms with Gasteiger partial charge in [0.2, 0.25) is 5.91 Å². The fourth-order valence-electron chi connectivity index (χ4n) is 3.81. The highest BCUT2D eigenvalue weighted by Gasteiger charge is 2.49. The Balaban J connectivity index is 3.09. The van der Waals surface area contributed by atoms with Crippen LogP contribution in [0.25, 0.3) is 0 Å². The van der Waals surface area contributed by atoms with Gasteiger partial charge in [0.15, 0.2) is 0 Å². The molecule has 3 unspecified atom stereocenters. The summed E-state index contributed by atoms with van der Waals surface area (Å²) in [5.74, 6) is 0.0768. The van der Waals surface area contributed by atoms with Crippen molar-refractivity contribution in [2.75, 3.05) is 13.7 Å². The van der Waals surface area contributed by atoms with Crippen molar-refractivity contribution in [3.63, 3.8) is 0 Å². The molecule has 1 heterocycles. The van der Waals surface area contributed by atoms with E-state index in [0.717, 1.165) is 19.4 Å². The number of carbonyl (C=O) groups excluding carboxylic acids is 2. The Morgan fingerprint density at radius 2 is 1.88 bits per heavy atom. The van der Waals surface area contributed by atoms with E-state index in [-0.39, 0.29) is 34.7 Å². The van der Waals surface area contributed by atoms with Gasteiger partial charge in [-0.2, -0.15) is 0 Å². The zero-order chi connectivity index (χ0) is 18.7. The van der Waals surface area contributed by atoms with Gasteiger partial charge in [-0.05, 0) is 37.5 Å². The van der Waals surface area contributed by atoms with E-state index in [1.54, 1.807) is 0 Å². The molecule has 5 heteroatoms. The summed E-state index contributed by atoms with van der Waals surface area (Å²) in [6.07, 6.45) is 2.28. The molecule has 0 aromatic rings. The quantitative estimate of drug-likeness (QED) is 0.827. The molecule has 0 aromatic heterocycles. The van der Waals surface area contributed by atoms with Gasteiger partial charge in [0.05, 0.1) is 13.0 Å². The lowest BCUT2D eigenvalue weighted by Crippen LogP contribution is -2.58. The van der Waals surface area contributed by atoms with Crippen molar-refractivity contribution in [3.8, 4) is 0 Å². The molecule has 0 bridgehead atoms. The van der Waals surface area contributed by atoms with Crippen LogP contribution >= 0.6 is 0 Å². The number of nitrogens with zero attached hydrogens (tertiary/aromatic N) is 1. The molecule has 140 valence electrons. The molecule has 1 fully saturated rings. The van der Waals surface area contributed by atoms with Gasteiger partial charge in [-0.3, -0.25) is 4.79 Å². The number of amides is 2. The van der Waals surface area contributed by atoms with Crippen LogP contribution in [0.15, 0.2) is 0 Å². The first-order valence-electron chi connectivity index (χ1n) is 9.15. The van der Waals surface area contributed by atoms with Crippen molar-refractivity contribution < 1.29 is 14.3 Å². The topological polar surface area (TPSA) is 58.6 Å². The van der Waals surface area contributed by atoms with Crippen molar-refractivity contribution >= 4 is 12.0 Å². The van der Waals surface area contributed by atoms with Crippen LogP contribution in [0, 0.1) is 17.3 Å². The van der Waals surface area contributed by atoms with Crippen molar-refractivity contribution in [1.29, 1.82) is 0 Å². The number of rotatable bonds is 5. The van der Waals surface area contributed by atoms with Crippen molar-refractivity contribution in [1.82, 2.24) is 10.2 Å². The molecule has 3 atom stereocenters. The monoisotopic (exact) mass is 340 g/mol. The Labute approximate surface area is 147 Å². The van der Waals surface area contributed by atoms with Gasteiger partial charge in [0.1, 0.15) is 0 Å². The summed E-state index contributed by atoms with van der Waals surface area (Å²) in [7, 11) is 1.35. The number of likely N-dealkylation sites (tertiary alicyclic amines) is 1. The third kappa shape index (κ3) is 4.04. The Bertz CT molecular complexity index is 456. The fourth-order valence-corrected chi connectivity index (χ4v) is 3.81. The molecule has 0 aromatic carbocycles. The van der Waals surface area contributed by atoms with Crippen LogP contribution in [0.2, 0.25) is 0 Å². The Morgan fingerprint density at radius 1 is 1.29 bits per heavy atom. The average molecular weight is 341 g/mol.